The van der Waals surface area contributed by atoms with Crippen molar-refractivity contribution in [2.24, 2.45) is 0 Å². The van der Waals surface area contributed by atoms with Crippen molar-refractivity contribution in [1.82, 2.24) is 15.5 Å². The Hall–Kier alpha value is -3.33. The monoisotopic (exact) mass is 400 g/mol. The highest BCUT2D eigenvalue weighted by molar-refractivity contribution is 7.80. The molecule has 0 radical (unpaired) electrons. The van der Waals surface area contributed by atoms with Gasteiger partial charge in [0.15, 0.2) is 5.11 Å². The molecule has 1 aromatic heterocycles. The van der Waals surface area contributed by atoms with Crippen molar-refractivity contribution in [2.45, 2.75) is 6.54 Å². The number of thiocarbonyl (C=S) groups is 1. The van der Waals surface area contributed by atoms with Gasteiger partial charge < -0.3 is 29.4 Å². The predicted octanol–water partition coefficient (Wildman–Crippen LogP) is 3.25. The van der Waals surface area contributed by atoms with E-state index in [0.29, 0.717) is 34.0 Å². The van der Waals surface area contributed by atoms with Gasteiger partial charge in [-0.3, -0.25) is 0 Å². The molecule has 3 rings (SSSR count). The largest absolute Gasteiger partial charge is 0.497 e. The van der Waals surface area contributed by atoms with Crippen molar-refractivity contribution in [3.8, 4) is 28.6 Å². The van der Waals surface area contributed by atoms with Gasteiger partial charge in [-0.1, -0.05) is 17.3 Å². The molecule has 0 aliphatic carbocycles. The fourth-order valence-electron chi connectivity index (χ4n) is 2.43. The number of rotatable bonds is 7. The topological polar surface area (TPSA) is 90.7 Å². The molecular weight excluding hydrogens is 380 g/mol. The molecule has 0 aliphatic heterocycles. The highest BCUT2D eigenvalue weighted by Gasteiger charge is 2.11. The van der Waals surface area contributed by atoms with Crippen molar-refractivity contribution >= 4 is 23.0 Å². The predicted molar refractivity (Wildman–Crippen MR) is 109 cm³/mol. The van der Waals surface area contributed by atoms with Crippen LogP contribution in [0.5, 0.6) is 17.2 Å². The summed E-state index contributed by atoms with van der Waals surface area (Å²) >= 11 is 5.32. The summed E-state index contributed by atoms with van der Waals surface area (Å²) < 4.78 is 21.0. The highest BCUT2D eigenvalue weighted by atomic mass is 32.1. The standard InChI is InChI=1S/C19H20N4O4S/c1-24-13-6-4-5-12(9-13)18-22-17(27-23-18)11-20-19(28)21-15-8-7-14(25-2)10-16(15)26-3/h4-10H,11H2,1-3H3,(H2,20,21,28). The average molecular weight is 400 g/mol. The smallest absolute Gasteiger partial charge is 0.246 e. The van der Waals surface area contributed by atoms with Gasteiger partial charge in [0.25, 0.3) is 0 Å². The summed E-state index contributed by atoms with van der Waals surface area (Å²) in [5.41, 5.74) is 1.52. The summed E-state index contributed by atoms with van der Waals surface area (Å²) in [7, 11) is 4.78. The van der Waals surface area contributed by atoms with E-state index in [0.717, 1.165) is 11.3 Å². The minimum Gasteiger partial charge on any atom is -0.497 e. The van der Waals surface area contributed by atoms with Crippen molar-refractivity contribution in [3.63, 3.8) is 0 Å². The van der Waals surface area contributed by atoms with Gasteiger partial charge in [-0.2, -0.15) is 4.98 Å². The average Bonchev–Trinajstić information content (AvgIpc) is 3.21. The lowest BCUT2D eigenvalue weighted by molar-refractivity contribution is 0.376. The van der Waals surface area contributed by atoms with E-state index in [1.165, 1.54) is 0 Å². The van der Waals surface area contributed by atoms with Gasteiger partial charge in [-0.25, -0.2) is 0 Å². The zero-order valence-corrected chi connectivity index (χ0v) is 16.5. The number of nitrogens with zero attached hydrogens (tertiary/aromatic N) is 2. The fourth-order valence-corrected chi connectivity index (χ4v) is 2.61. The molecule has 0 saturated carbocycles. The molecule has 0 aliphatic rings. The lowest BCUT2D eigenvalue weighted by Crippen LogP contribution is -2.28. The van der Waals surface area contributed by atoms with Crippen molar-refractivity contribution < 1.29 is 18.7 Å². The van der Waals surface area contributed by atoms with E-state index in [2.05, 4.69) is 20.8 Å². The summed E-state index contributed by atoms with van der Waals surface area (Å²) in [6.07, 6.45) is 0. The molecule has 2 aromatic carbocycles. The van der Waals surface area contributed by atoms with Gasteiger partial charge in [0.2, 0.25) is 11.7 Å². The Labute approximate surface area is 167 Å². The molecule has 0 fully saturated rings. The molecule has 9 heteroatoms. The molecule has 0 bridgehead atoms. The molecule has 0 atom stereocenters. The zero-order valence-electron chi connectivity index (χ0n) is 15.7. The van der Waals surface area contributed by atoms with E-state index in [9.17, 15) is 0 Å². The summed E-state index contributed by atoms with van der Waals surface area (Å²) in [4.78, 5) is 4.37. The normalized spacial score (nSPS) is 10.2. The van der Waals surface area contributed by atoms with Crippen LogP contribution in [0.1, 0.15) is 5.89 Å². The van der Waals surface area contributed by atoms with Crippen molar-refractivity contribution in [3.05, 3.63) is 48.4 Å². The molecule has 0 saturated heterocycles. The van der Waals surface area contributed by atoms with Gasteiger partial charge >= 0.3 is 0 Å². The molecule has 8 nitrogen and oxygen atoms in total. The fraction of sp³-hybridized carbons (Fsp3) is 0.211. The number of hydrogen-bond donors (Lipinski definition) is 2. The number of ether oxygens (including phenoxy) is 3. The lowest BCUT2D eigenvalue weighted by atomic mass is 10.2. The Kier molecular flexibility index (Phi) is 6.28. The van der Waals surface area contributed by atoms with Gasteiger partial charge in [-0.05, 0) is 36.5 Å². The highest BCUT2D eigenvalue weighted by Crippen LogP contribution is 2.29. The maximum Gasteiger partial charge on any atom is 0.246 e. The van der Waals surface area contributed by atoms with Crippen molar-refractivity contribution in [2.75, 3.05) is 26.6 Å². The Morgan fingerprint density at radius 3 is 2.57 bits per heavy atom. The van der Waals surface area contributed by atoms with Crippen LogP contribution < -0.4 is 24.8 Å². The van der Waals surface area contributed by atoms with Gasteiger partial charge in [0, 0.05) is 11.6 Å². The van der Waals surface area contributed by atoms with Crippen LogP contribution in [0.25, 0.3) is 11.4 Å². The SMILES string of the molecule is COc1cccc(-c2noc(CNC(=S)Nc3ccc(OC)cc3OC)n2)c1. The van der Waals surface area contributed by atoms with E-state index < -0.39 is 0 Å². The van der Waals surface area contributed by atoms with E-state index in [1.807, 2.05) is 36.4 Å². The zero-order chi connectivity index (χ0) is 19.9. The molecule has 0 unspecified atom stereocenters. The number of methoxy groups -OCH3 is 3. The van der Waals surface area contributed by atoms with Crippen LogP contribution in [0.2, 0.25) is 0 Å². The van der Waals surface area contributed by atoms with E-state index in [1.54, 1.807) is 27.4 Å². The van der Waals surface area contributed by atoms with Crippen LogP contribution >= 0.6 is 12.2 Å². The van der Waals surface area contributed by atoms with Gasteiger partial charge in [-0.15, -0.1) is 0 Å². The lowest BCUT2D eigenvalue weighted by Gasteiger charge is -2.13. The molecule has 0 spiro atoms. The van der Waals surface area contributed by atoms with Crippen molar-refractivity contribution in [1.29, 1.82) is 0 Å². The maximum absolute atomic E-state index is 5.34. The third-order valence-corrected chi connectivity index (χ3v) is 4.10. The van der Waals surface area contributed by atoms with Gasteiger partial charge in [0.05, 0.1) is 33.6 Å². The Morgan fingerprint density at radius 2 is 1.82 bits per heavy atom. The van der Waals surface area contributed by atoms with Crippen LogP contribution in [0.4, 0.5) is 5.69 Å². The van der Waals surface area contributed by atoms with E-state index >= 15 is 0 Å². The van der Waals surface area contributed by atoms with E-state index in [4.69, 9.17) is 31.0 Å². The first-order valence-electron chi connectivity index (χ1n) is 8.37. The van der Waals surface area contributed by atoms with Gasteiger partial charge in [0.1, 0.15) is 17.2 Å². The number of hydrogen-bond acceptors (Lipinski definition) is 7. The van der Waals surface area contributed by atoms with Crippen LogP contribution in [0, 0.1) is 0 Å². The second-order valence-corrected chi connectivity index (χ2v) is 6.03. The maximum atomic E-state index is 5.34. The Bertz CT molecular complexity index is 961. The molecule has 0 amide bonds. The third-order valence-electron chi connectivity index (χ3n) is 3.85. The summed E-state index contributed by atoms with van der Waals surface area (Å²) in [6.45, 7) is 0.279. The second-order valence-electron chi connectivity index (χ2n) is 5.62. The first-order valence-corrected chi connectivity index (χ1v) is 8.77. The number of benzene rings is 2. The minimum absolute atomic E-state index is 0.279. The second kappa shape index (κ2) is 9.05. The number of nitrogens with one attached hydrogen (secondary N) is 2. The molecule has 3 aromatic rings. The summed E-state index contributed by atoms with van der Waals surface area (Å²) in [5.74, 6) is 2.91. The molecule has 1 heterocycles. The number of anilines is 1. The third kappa shape index (κ3) is 4.68. The van der Waals surface area contributed by atoms with Crippen LogP contribution in [0.3, 0.4) is 0 Å². The molecule has 28 heavy (non-hydrogen) atoms. The molecule has 146 valence electrons. The van der Waals surface area contributed by atoms with Crippen LogP contribution in [-0.2, 0) is 6.54 Å². The number of aromatic nitrogens is 2. The Morgan fingerprint density at radius 1 is 1.04 bits per heavy atom. The van der Waals surface area contributed by atoms with Crippen LogP contribution in [0.15, 0.2) is 47.0 Å². The Balaban J connectivity index is 1.60. The quantitative estimate of drug-likeness (QED) is 0.580. The molecular formula is C19H20N4O4S. The minimum atomic E-state index is 0.279. The molecule has 2 N–H and O–H groups in total. The first-order chi connectivity index (χ1) is 13.6. The summed E-state index contributed by atoms with van der Waals surface area (Å²) in [5, 5.41) is 10.5. The van der Waals surface area contributed by atoms with Crippen LogP contribution in [-0.4, -0.2) is 36.6 Å². The first kappa shape index (κ1) is 19.4. The van der Waals surface area contributed by atoms with E-state index in [-0.39, 0.29) is 6.54 Å². The summed E-state index contributed by atoms with van der Waals surface area (Å²) in [6, 6.07) is 12.8.